The van der Waals surface area contributed by atoms with Crippen LogP contribution in [0, 0.1) is 0 Å². The van der Waals surface area contributed by atoms with E-state index in [4.69, 9.17) is 4.74 Å². The molecule has 0 bridgehead atoms. The fourth-order valence-electron chi connectivity index (χ4n) is 21.4. The van der Waals surface area contributed by atoms with Crippen LogP contribution in [0.3, 0.4) is 0 Å². The molecule has 7 nitrogen and oxygen atoms in total. The van der Waals surface area contributed by atoms with Gasteiger partial charge in [0.15, 0.2) is 0 Å². The van der Waals surface area contributed by atoms with Gasteiger partial charge in [-0.1, -0.05) is 317 Å². The number of para-hydroxylation sites is 8. The Hall–Kier alpha value is -17.8. The monoisotopic (exact) mass is 1840 g/mol. The Bertz CT molecular complexity index is 7110. The molecule has 2 aliphatic rings. The quantitative estimate of drug-likeness (QED) is 0.0428. The fourth-order valence-corrected chi connectivity index (χ4v) is 21.4. The Balaban J connectivity index is 0.603. The molecular formula is C136H108N6O. The van der Waals surface area contributed by atoms with Crippen molar-refractivity contribution >= 4 is 102 Å². The lowest BCUT2D eigenvalue weighted by Gasteiger charge is -2.34. The molecule has 0 fully saturated rings. The van der Waals surface area contributed by atoms with Crippen LogP contribution in [0.25, 0.3) is 44.5 Å². The molecule has 2 unspecified atom stereocenters. The van der Waals surface area contributed by atoms with Gasteiger partial charge in [0, 0.05) is 102 Å². The number of aryl methyl sites for hydroxylation is 2. The third-order valence-electron chi connectivity index (χ3n) is 28.8. The molecule has 0 spiro atoms. The molecule has 7 heteroatoms. The van der Waals surface area contributed by atoms with Crippen LogP contribution >= 0.6 is 0 Å². The lowest BCUT2D eigenvalue weighted by atomic mass is 9.67. The maximum Gasteiger partial charge on any atom is 0.119 e. The van der Waals surface area contributed by atoms with Crippen molar-refractivity contribution in [3.63, 3.8) is 0 Å². The van der Waals surface area contributed by atoms with Gasteiger partial charge in [0.05, 0.1) is 5.41 Å². The van der Waals surface area contributed by atoms with Crippen LogP contribution < -0.4 is 34.1 Å². The van der Waals surface area contributed by atoms with E-state index in [1.807, 2.05) is 0 Å². The van der Waals surface area contributed by atoms with Crippen LogP contribution in [0.1, 0.15) is 88.6 Å². The molecular weight excluding hydrogens is 1730 g/mol. The standard InChI is InChI=1S/C136H108N6O/c1-3-100(93-98(2)101-53-55-103(56-54-101)107-59-57-104-58-60-108(104)94-107)102-51-49-99(50-52-102)97-143-131-89-67-112(68-90-131)136(111-31-13-4-14-32-111)134-95-109(105-61-69-121(70-62-105)141(127-81-73-123(74-82-127)137(113-33-15-5-16-34-113)114-35-17-6-18-36-114)128-83-75-124(76-84-128)138(115-37-19-7-20-38-115)116-39-21-8-22-40-116)65-91-132(134)133-92-66-110(96-135(133)136)106-63-71-122(72-64-106)142(129-85-77-125(78-86-129)139(117-41-23-9-24-42-117)118-43-25-10-26-44-118)130-87-79-126(80-88-130)140(119-45-27-11-28-46-119)120-47-29-12-30-48-120/h4-57,59,61-92,94-96,98,100H,3,58,60,93,97H2,1-2H3. The Morgan fingerprint density at radius 1 is 0.224 bits per heavy atom. The van der Waals surface area contributed by atoms with Crippen LogP contribution in [0.4, 0.5) is 102 Å². The summed E-state index contributed by atoms with van der Waals surface area (Å²) in [5.74, 6) is 1.64. The Morgan fingerprint density at radius 2 is 0.469 bits per heavy atom. The van der Waals surface area contributed by atoms with Crippen molar-refractivity contribution in [1.29, 1.82) is 0 Å². The average Bonchev–Trinajstić information content (AvgIpc) is 1.53. The second-order valence-corrected chi connectivity index (χ2v) is 37.4. The summed E-state index contributed by atoms with van der Waals surface area (Å²) in [6.07, 6.45) is 4.54. The van der Waals surface area contributed by atoms with E-state index in [1.165, 1.54) is 74.0 Å². The molecule has 0 amide bonds. The molecule has 21 aromatic carbocycles. The molecule has 688 valence electrons. The first-order chi connectivity index (χ1) is 70.7. The number of benzene rings is 21. The highest BCUT2D eigenvalue weighted by Gasteiger charge is 2.47. The predicted molar refractivity (Wildman–Crippen MR) is 599 cm³/mol. The number of rotatable bonds is 31. The van der Waals surface area contributed by atoms with Crippen molar-refractivity contribution in [2.45, 2.75) is 63.4 Å². The third-order valence-corrected chi connectivity index (χ3v) is 28.8. The van der Waals surface area contributed by atoms with Gasteiger partial charge < -0.3 is 34.1 Å². The molecule has 0 saturated carbocycles. The van der Waals surface area contributed by atoms with Gasteiger partial charge in [-0.25, -0.2) is 0 Å². The van der Waals surface area contributed by atoms with Gasteiger partial charge in [-0.15, -0.1) is 0 Å². The van der Waals surface area contributed by atoms with E-state index < -0.39 is 5.41 Å². The minimum Gasteiger partial charge on any atom is -0.489 e. The van der Waals surface area contributed by atoms with Gasteiger partial charge in [-0.2, -0.15) is 0 Å². The summed E-state index contributed by atoms with van der Waals surface area (Å²) in [6.45, 7) is 5.16. The van der Waals surface area contributed by atoms with E-state index in [9.17, 15) is 0 Å². The molecule has 0 N–H and O–H groups in total. The number of hydrogen-bond acceptors (Lipinski definition) is 7. The number of ether oxygens (including phenoxy) is 1. The third kappa shape index (κ3) is 18.2. The van der Waals surface area contributed by atoms with Gasteiger partial charge in [0.1, 0.15) is 12.4 Å². The smallest absolute Gasteiger partial charge is 0.119 e. The topological polar surface area (TPSA) is 28.7 Å². The second-order valence-electron chi connectivity index (χ2n) is 37.4. The van der Waals surface area contributed by atoms with E-state index >= 15 is 0 Å². The molecule has 0 aromatic heterocycles. The maximum atomic E-state index is 6.89. The molecule has 23 rings (SSSR count). The molecule has 2 aliphatic carbocycles. The van der Waals surface area contributed by atoms with Gasteiger partial charge in [-0.05, 0) is 375 Å². The van der Waals surface area contributed by atoms with Crippen molar-refractivity contribution in [3.8, 4) is 50.3 Å². The average molecular weight is 1840 g/mol. The summed E-state index contributed by atoms with van der Waals surface area (Å²) in [7, 11) is 0. The van der Waals surface area contributed by atoms with Crippen molar-refractivity contribution in [2.75, 3.05) is 29.4 Å². The van der Waals surface area contributed by atoms with Crippen LogP contribution in [-0.4, -0.2) is 0 Å². The summed E-state index contributed by atoms with van der Waals surface area (Å²) in [5.41, 5.74) is 39.2. The molecule has 0 radical (unpaired) electrons. The van der Waals surface area contributed by atoms with E-state index in [1.54, 1.807) is 0 Å². The zero-order valence-electron chi connectivity index (χ0n) is 80.2. The Morgan fingerprint density at radius 3 is 0.755 bits per heavy atom. The van der Waals surface area contributed by atoms with Gasteiger partial charge in [-0.3, -0.25) is 0 Å². The van der Waals surface area contributed by atoms with Crippen molar-refractivity contribution in [3.05, 3.63) is 596 Å². The predicted octanol–water partition coefficient (Wildman–Crippen LogP) is 37.2. The highest BCUT2D eigenvalue weighted by Crippen LogP contribution is 2.59. The highest BCUT2D eigenvalue weighted by atomic mass is 16.5. The minimum absolute atomic E-state index is 0.412. The van der Waals surface area contributed by atoms with E-state index in [2.05, 4.69) is 589 Å². The summed E-state index contributed by atoms with van der Waals surface area (Å²) >= 11 is 0. The van der Waals surface area contributed by atoms with E-state index in [-0.39, 0.29) is 0 Å². The molecule has 0 aliphatic heterocycles. The lowest BCUT2D eigenvalue weighted by molar-refractivity contribution is 0.306. The zero-order chi connectivity index (χ0) is 95.8. The molecule has 143 heavy (non-hydrogen) atoms. The number of fused-ring (bicyclic) bond motifs is 4. The van der Waals surface area contributed by atoms with Gasteiger partial charge in [0.25, 0.3) is 0 Å². The molecule has 2 atom stereocenters. The molecule has 0 heterocycles. The summed E-state index contributed by atoms with van der Waals surface area (Å²) < 4.78 is 6.89. The van der Waals surface area contributed by atoms with Crippen LogP contribution in [0.15, 0.2) is 546 Å². The van der Waals surface area contributed by atoms with Crippen LogP contribution in [-0.2, 0) is 24.9 Å². The number of anilines is 18. The summed E-state index contributed by atoms with van der Waals surface area (Å²) in [5, 5.41) is 0. The number of hydrogen-bond donors (Lipinski definition) is 0. The zero-order valence-corrected chi connectivity index (χ0v) is 80.2. The second kappa shape index (κ2) is 40.3. The molecule has 21 aromatic rings. The van der Waals surface area contributed by atoms with Crippen LogP contribution in [0.5, 0.6) is 5.75 Å². The Labute approximate surface area is 840 Å². The van der Waals surface area contributed by atoms with Crippen molar-refractivity contribution in [2.24, 2.45) is 0 Å². The summed E-state index contributed by atoms with van der Waals surface area (Å²) in [6, 6.07) is 199. The highest BCUT2D eigenvalue weighted by molar-refractivity contribution is 5.93. The van der Waals surface area contributed by atoms with Crippen molar-refractivity contribution < 1.29 is 4.74 Å². The first-order valence-corrected chi connectivity index (χ1v) is 50.0. The molecule has 0 saturated heterocycles. The SMILES string of the molecule is CCC(CC(C)c1ccc(-c2ccc3c(c2)CC3)cc1)c1ccc(COc2ccc(C3(c4ccccc4)c4cc(-c5ccc(N(c6ccc(N(c7ccccc7)c7ccccc7)cc6)c6ccc(N(c7ccccc7)c7ccccc7)cc6)cc5)ccc4-c4ccc(-c5ccc(N(c6ccc(N(c7ccccc7)c7ccccc7)cc6)c6ccc(N(c7ccccc7)c7ccccc7)cc6)cc5)cc43)cc2)cc1. The van der Waals surface area contributed by atoms with E-state index in [0.29, 0.717) is 18.4 Å². The number of nitrogens with zero attached hydrogens (tertiary/aromatic N) is 6. The minimum atomic E-state index is -0.809. The van der Waals surface area contributed by atoms with Crippen molar-refractivity contribution in [1.82, 2.24) is 0 Å². The largest absolute Gasteiger partial charge is 0.489 e. The first-order valence-electron chi connectivity index (χ1n) is 50.0. The van der Waals surface area contributed by atoms with Crippen LogP contribution in [0.2, 0.25) is 0 Å². The lowest BCUT2D eigenvalue weighted by Crippen LogP contribution is -2.28. The first kappa shape index (κ1) is 89.2. The van der Waals surface area contributed by atoms with E-state index in [0.717, 1.165) is 154 Å². The maximum absolute atomic E-state index is 6.89. The summed E-state index contributed by atoms with van der Waals surface area (Å²) in [4.78, 5) is 14.0. The van der Waals surface area contributed by atoms with Gasteiger partial charge in [0.2, 0.25) is 0 Å². The fraction of sp³-hybridized carbons (Fsp3) is 0.0735. The normalized spacial score (nSPS) is 12.4. The van der Waals surface area contributed by atoms with Gasteiger partial charge >= 0.3 is 0 Å². The Kier molecular flexibility index (Phi) is 25.2.